The molecule has 1 aliphatic heterocycles. The second-order valence-electron chi connectivity index (χ2n) is 8.00. The lowest BCUT2D eigenvalue weighted by molar-refractivity contribution is -0.136. The third-order valence-electron chi connectivity index (χ3n) is 4.69. The fraction of sp³-hybridized carbons (Fsp3) is 0.579. The van der Waals surface area contributed by atoms with Crippen molar-refractivity contribution in [2.24, 2.45) is 0 Å². The highest BCUT2D eigenvalue weighted by molar-refractivity contribution is 5.80. The number of benzene rings is 1. The second kappa shape index (κ2) is 7.18. The first-order chi connectivity index (χ1) is 13.0. The number of halogens is 3. The van der Waals surface area contributed by atoms with Crippen LogP contribution in [0.4, 0.5) is 18.0 Å². The Balaban J connectivity index is 2.16. The molecule has 0 spiro atoms. The van der Waals surface area contributed by atoms with Crippen molar-refractivity contribution in [3.8, 4) is 0 Å². The number of nitrogens with one attached hydrogen (secondary N) is 1. The Bertz CT molecular complexity index is 924. The number of alkyl halides is 3. The summed E-state index contributed by atoms with van der Waals surface area (Å²) in [4.78, 5) is 29.3. The van der Waals surface area contributed by atoms with Crippen molar-refractivity contribution in [3.05, 3.63) is 34.2 Å². The molecule has 1 atom stereocenters. The van der Waals surface area contributed by atoms with Gasteiger partial charge in [-0.15, -0.1) is 0 Å². The largest absolute Gasteiger partial charge is 0.444 e. The number of nitrogens with zero attached hydrogens (tertiary/aromatic N) is 2. The molecule has 2 aromatic rings. The van der Waals surface area contributed by atoms with Crippen molar-refractivity contribution in [1.29, 1.82) is 0 Å². The van der Waals surface area contributed by atoms with Crippen LogP contribution in [0.15, 0.2) is 23.0 Å². The Kier molecular flexibility index (Phi) is 5.20. The van der Waals surface area contributed by atoms with Crippen LogP contribution >= 0.6 is 0 Å². The van der Waals surface area contributed by atoms with E-state index in [0.29, 0.717) is 25.8 Å². The normalized spacial score (nSPS) is 18.9. The number of aromatic amines is 1. The minimum atomic E-state index is -4.63. The molecule has 3 rings (SSSR count). The molecule has 0 aliphatic carbocycles. The molecule has 1 aromatic carbocycles. The number of carbonyl (C=O) groups excluding carboxylic acids is 1. The molecule has 9 heteroatoms. The third kappa shape index (κ3) is 4.02. The fourth-order valence-electron chi connectivity index (χ4n) is 3.59. The Hall–Kier alpha value is -2.45. The van der Waals surface area contributed by atoms with E-state index in [0.717, 1.165) is 17.1 Å². The molecule has 1 saturated heterocycles. The van der Waals surface area contributed by atoms with Crippen LogP contribution < -0.4 is 5.69 Å². The summed E-state index contributed by atoms with van der Waals surface area (Å²) in [5.41, 5.74) is -2.48. The van der Waals surface area contributed by atoms with Crippen molar-refractivity contribution in [1.82, 2.24) is 14.5 Å². The number of hydrogen-bond donors (Lipinski definition) is 1. The Morgan fingerprint density at radius 2 is 1.89 bits per heavy atom. The average Bonchev–Trinajstić information content (AvgIpc) is 2.73. The standard InChI is InChI=1S/C19H24F3N3O3/c1-18(2,3)28-17(27)24-11-6-4-5-10-14(24)25-15-12(19(20,21)22)8-7-9-13(15)23-16(25)26/h7-9,14H,4-6,10-11H2,1-3H3,(H,23,26). The van der Waals surface area contributed by atoms with E-state index in [2.05, 4.69) is 4.98 Å². The second-order valence-corrected chi connectivity index (χ2v) is 8.00. The van der Waals surface area contributed by atoms with Gasteiger partial charge in [-0.1, -0.05) is 12.5 Å². The summed E-state index contributed by atoms with van der Waals surface area (Å²) in [6.45, 7) is 5.47. The molecule has 1 N–H and O–H groups in total. The van der Waals surface area contributed by atoms with Gasteiger partial charge in [0.25, 0.3) is 0 Å². The molecule has 28 heavy (non-hydrogen) atoms. The van der Waals surface area contributed by atoms with Gasteiger partial charge >= 0.3 is 18.0 Å². The molecule has 0 bridgehead atoms. The zero-order chi connectivity index (χ0) is 20.7. The number of carbonyl (C=O) groups is 1. The van der Waals surface area contributed by atoms with Crippen LogP contribution in [0.25, 0.3) is 11.0 Å². The maximum Gasteiger partial charge on any atom is 0.418 e. The van der Waals surface area contributed by atoms with Gasteiger partial charge in [0.1, 0.15) is 11.8 Å². The van der Waals surface area contributed by atoms with Gasteiger partial charge in [0.05, 0.1) is 16.6 Å². The molecule has 1 aromatic heterocycles. The van der Waals surface area contributed by atoms with E-state index in [1.54, 1.807) is 20.8 Å². The van der Waals surface area contributed by atoms with Crippen LogP contribution in [0.3, 0.4) is 0 Å². The predicted octanol–water partition coefficient (Wildman–Crippen LogP) is 4.66. The first-order valence-corrected chi connectivity index (χ1v) is 9.29. The van der Waals surface area contributed by atoms with Gasteiger partial charge in [0, 0.05) is 6.54 Å². The molecule has 1 unspecified atom stereocenters. The number of imidazole rings is 1. The van der Waals surface area contributed by atoms with Crippen molar-refractivity contribution in [2.75, 3.05) is 6.54 Å². The summed E-state index contributed by atoms with van der Waals surface area (Å²) < 4.78 is 47.3. The van der Waals surface area contributed by atoms with E-state index in [-0.39, 0.29) is 11.0 Å². The van der Waals surface area contributed by atoms with E-state index in [9.17, 15) is 22.8 Å². The van der Waals surface area contributed by atoms with Gasteiger partial charge in [0.15, 0.2) is 0 Å². The van der Waals surface area contributed by atoms with Crippen LogP contribution in [-0.4, -0.2) is 32.7 Å². The number of fused-ring (bicyclic) bond motifs is 1. The summed E-state index contributed by atoms with van der Waals surface area (Å²) in [5.74, 6) is 0. The van der Waals surface area contributed by atoms with Crippen LogP contribution in [0.2, 0.25) is 0 Å². The highest BCUT2D eigenvalue weighted by atomic mass is 19.4. The maximum absolute atomic E-state index is 13.6. The van der Waals surface area contributed by atoms with Crippen molar-refractivity contribution in [3.63, 3.8) is 0 Å². The summed E-state index contributed by atoms with van der Waals surface area (Å²) in [5, 5.41) is 0. The third-order valence-corrected chi connectivity index (χ3v) is 4.69. The van der Waals surface area contributed by atoms with E-state index >= 15 is 0 Å². The zero-order valence-corrected chi connectivity index (χ0v) is 16.1. The Morgan fingerprint density at radius 3 is 2.54 bits per heavy atom. The van der Waals surface area contributed by atoms with E-state index in [1.807, 2.05) is 0 Å². The number of amides is 1. The molecule has 154 valence electrons. The van der Waals surface area contributed by atoms with Crippen molar-refractivity contribution >= 4 is 17.1 Å². The predicted molar refractivity (Wildman–Crippen MR) is 98.0 cm³/mol. The molecule has 0 radical (unpaired) electrons. The van der Waals surface area contributed by atoms with Crippen molar-refractivity contribution < 1.29 is 22.7 Å². The number of ether oxygens (including phenoxy) is 1. The molecule has 2 heterocycles. The number of hydrogen-bond acceptors (Lipinski definition) is 3. The highest BCUT2D eigenvalue weighted by Gasteiger charge is 2.38. The Labute approximate surface area is 160 Å². The average molecular weight is 399 g/mol. The number of para-hydroxylation sites is 1. The summed E-state index contributed by atoms with van der Waals surface area (Å²) in [6, 6.07) is 3.63. The fourth-order valence-corrected chi connectivity index (χ4v) is 3.59. The van der Waals surface area contributed by atoms with Gasteiger partial charge in [-0.25, -0.2) is 9.59 Å². The number of H-pyrrole nitrogens is 1. The van der Waals surface area contributed by atoms with Gasteiger partial charge in [-0.3, -0.25) is 9.47 Å². The van der Waals surface area contributed by atoms with E-state index < -0.39 is 35.3 Å². The molecular weight excluding hydrogens is 375 g/mol. The zero-order valence-electron chi connectivity index (χ0n) is 16.1. The molecule has 1 aliphatic rings. The van der Waals surface area contributed by atoms with Gasteiger partial charge in [-0.05, 0) is 52.2 Å². The molecule has 0 saturated carbocycles. The first kappa shape index (κ1) is 20.3. The number of rotatable bonds is 1. The molecule has 1 fully saturated rings. The first-order valence-electron chi connectivity index (χ1n) is 9.29. The summed E-state index contributed by atoms with van der Waals surface area (Å²) in [6.07, 6.45) is -3.53. The number of aromatic nitrogens is 2. The molecular formula is C19H24F3N3O3. The number of likely N-dealkylation sites (tertiary alicyclic amines) is 1. The smallest absolute Gasteiger partial charge is 0.418 e. The highest BCUT2D eigenvalue weighted by Crippen LogP contribution is 2.36. The molecule has 6 nitrogen and oxygen atoms in total. The lowest BCUT2D eigenvalue weighted by atomic mass is 10.1. The lowest BCUT2D eigenvalue weighted by Gasteiger charge is -2.33. The monoisotopic (exact) mass is 399 g/mol. The van der Waals surface area contributed by atoms with E-state index in [4.69, 9.17) is 4.74 Å². The van der Waals surface area contributed by atoms with Crippen LogP contribution in [0, 0.1) is 0 Å². The van der Waals surface area contributed by atoms with Crippen LogP contribution in [0.1, 0.15) is 58.2 Å². The summed E-state index contributed by atoms with van der Waals surface area (Å²) in [7, 11) is 0. The Morgan fingerprint density at radius 1 is 1.18 bits per heavy atom. The van der Waals surface area contributed by atoms with Gasteiger partial charge in [0.2, 0.25) is 0 Å². The van der Waals surface area contributed by atoms with Gasteiger partial charge in [-0.2, -0.15) is 13.2 Å². The van der Waals surface area contributed by atoms with E-state index in [1.165, 1.54) is 17.0 Å². The van der Waals surface area contributed by atoms with Gasteiger partial charge < -0.3 is 9.72 Å². The minimum Gasteiger partial charge on any atom is -0.444 e. The SMILES string of the molecule is CC(C)(C)OC(=O)N1CCCCCC1n1c(=O)[nH]c2cccc(C(F)(F)F)c21. The maximum atomic E-state index is 13.6. The summed E-state index contributed by atoms with van der Waals surface area (Å²) >= 11 is 0. The van der Waals surface area contributed by atoms with Crippen LogP contribution in [-0.2, 0) is 10.9 Å². The minimum absolute atomic E-state index is 0.0909. The van der Waals surface area contributed by atoms with Crippen molar-refractivity contribution in [2.45, 2.75) is 64.4 Å². The topological polar surface area (TPSA) is 67.3 Å². The quantitative estimate of drug-likeness (QED) is 0.759. The molecule has 1 amide bonds. The van der Waals surface area contributed by atoms with Crippen LogP contribution in [0.5, 0.6) is 0 Å². The lowest BCUT2D eigenvalue weighted by Crippen LogP contribution is -2.43.